The highest BCUT2D eigenvalue weighted by atomic mass is 16.5. The Morgan fingerprint density at radius 1 is 0.929 bits per heavy atom. The number of esters is 1. The van der Waals surface area contributed by atoms with Crippen LogP contribution in [0.5, 0.6) is 5.75 Å². The fraction of sp³-hybridized carbons (Fsp3) is 0.708. The number of hydrogen-bond donors (Lipinski definition) is 1. The van der Waals surface area contributed by atoms with Crippen LogP contribution in [-0.4, -0.2) is 19.2 Å². The van der Waals surface area contributed by atoms with Crippen LogP contribution in [0.1, 0.15) is 97.1 Å². The van der Waals surface area contributed by atoms with E-state index in [2.05, 4.69) is 27.7 Å². The van der Waals surface area contributed by atoms with Crippen LogP contribution in [0.3, 0.4) is 0 Å². The van der Waals surface area contributed by atoms with Crippen LogP contribution < -0.4 is 10.5 Å². The standard InChI is InChI=1S/C24H41NO3/c1-5-6-7-8-9-11-19-28-23(26)22(25)20-13-15-21(16-14-20)27-18-12-10-17-24(2,3)4/h13-16,22H,5-12,17-19,25H2,1-4H3. The number of carbonyl (C=O) groups is 1. The van der Waals surface area contributed by atoms with E-state index in [0.717, 1.165) is 37.0 Å². The summed E-state index contributed by atoms with van der Waals surface area (Å²) in [5.41, 5.74) is 7.17. The summed E-state index contributed by atoms with van der Waals surface area (Å²) in [4.78, 5) is 12.1. The molecule has 4 nitrogen and oxygen atoms in total. The normalized spacial score (nSPS) is 12.6. The molecular formula is C24H41NO3. The van der Waals surface area contributed by atoms with E-state index in [1.165, 1.54) is 32.1 Å². The van der Waals surface area contributed by atoms with Gasteiger partial charge in [0.1, 0.15) is 11.8 Å². The molecule has 0 fully saturated rings. The summed E-state index contributed by atoms with van der Waals surface area (Å²) in [6, 6.07) is 6.71. The van der Waals surface area contributed by atoms with Crippen molar-refractivity contribution in [1.29, 1.82) is 0 Å². The molecule has 1 aromatic rings. The van der Waals surface area contributed by atoms with Crippen molar-refractivity contribution in [2.24, 2.45) is 11.1 Å². The van der Waals surface area contributed by atoms with E-state index < -0.39 is 6.04 Å². The Hall–Kier alpha value is -1.55. The molecule has 0 spiro atoms. The van der Waals surface area contributed by atoms with Gasteiger partial charge in [0.2, 0.25) is 0 Å². The highest BCUT2D eigenvalue weighted by molar-refractivity contribution is 5.77. The monoisotopic (exact) mass is 391 g/mol. The summed E-state index contributed by atoms with van der Waals surface area (Å²) in [6.45, 7) is 10.1. The van der Waals surface area contributed by atoms with Gasteiger partial charge in [0, 0.05) is 0 Å². The van der Waals surface area contributed by atoms with Gasteiger partial charge in [-0.1, -0.05) is 71.9 Å². The van der Waals surface area contributed by atoms with Crippen LogP contribution >= 0.6 is 0 Å². The van der Waals surface area contributed by atoms with Gasteiger partial charge in [-0.15, -0.1) is 0 Å². The highest BCUT2D eigenvalue weighted by Crippen LogP contribution is 2.22. The third-order valence-electron chi connectivity index (χ3n) is 4.83. The number of ether oxygens (including phenoxy) is 2. The molecule has 0 aliphatic carbocycles. The van der Waals surface area contributed by atoms with Gasteiger partial charge in [-0.2, -0.15) is 0 Å². The smallest absolute Gasteiger partial charge is 0.327 e. The summed E-state index contributed by atoms with van der Waals surface area (Å²) < 4.78 is 11.1. The van der Waals surface area contributed by atoms with Crippen LogP contribution in [0.25, 0.3) is 0 Å². The zero-order valence-corrected chi connectivity index (χ0v) is 18.5. The summed E-state index contributed by atoms with van der Waals surface area (Å²) in [7, 11) is 0. The maximum absolute atomic E-state index is 12.1. The Bertz CT molecular complexity index is 534. The Morgan fingerprint density at radius 2 is 1.54 bits per heavy atom. The van der Waals surface area contributed by atoms with Gasteiger partial charge >= 0.3 is 5.97 Å². The molecule has 0 aliphatic rings. The maximum atomic E-state index is 12.1. The lowest BCUT2D eigenvalue weighted by Crippen LogP contribution is -2.24. The molecule has 0 aliphatic heterocycles. The molecule has 0 saturated heterocycles. The summed E-state index contributed by atoms with van der Waals surface area (Å²) >= 11 is 0. The zero-order chi connectivity index (χ0) is 20.8. The van der Waals surface area contributed by atoms with E-state index in [1.807, 2.05) is 24.3 Å². The van der Waals surface area contributed by atoms with E-state index in [4.69, 9.17) is 15.2 Å². The maximum Gasteiger partial charge on any atom is 0.327 e. The number of rotatable bonds is 14. The van der Waals surface area contributed by atoms with Crippen LogP contribution in [0.15, 0.2) is 24.3 Å². The average molecular weight is 392 g/mol. The number of benzene rings is 1. The third kappa shape index (κ3) is 11.3. The minimum atomic E-state index is -0.735. The molecule has 0 amide bonds. The molecule has 1 rings (SSSR count). The molecule has 1 aromatic carbocycles. The van der Waals surface area contributed by atoms with Gasteiger partial charge in [0.15, 0.2) is 0 Å². The SMILES string of the molecule is CCCCCCCCOC(=O)C(N)c1ccc(OCCCCC(C)(C)C)cc1. The van der Waals surface area contributed by atoms with Crippen molar-refractivity contribution in [3.05, 3.63) is 29.8 Å². The minimum absolute atomic E-state index is 0.357. The molecule has 0 heterocycles. The quantitative estimate of drug-likeness (QED) is 0.303. The molecule has 160 valence electrons. The number of hydrogen-bond acceptors (Lipinski definition) is 4. The van der Waals surface area contributed by atoms with Gasteiger partial charge in [0.25, 0.3) is 0 Å². The van der Waals surface area contributed by atoms with Gasteiger partial charge in [-0.05, 0) is 48.8 Å². The Labute approximate surface area is 172 Å². The second kappa shape index (κ2) is 13.6. The lowest BCUT2D eigenvalue weighted by molar-refractivity contribution is -0.145. The molecule has 0 bridgehead atoms. The number of nitrogens with two attached hydrogens (primary N) is 1. The first-order valence-electron chi connectivity index (χ1n) is 11.0. The lowest BCUT2D eigenvalue weighted by atomic mass is 9.90. The Kier molecular flexibility index (Phi) is 11.9. The highest BCUT2D eigenvalue weighted by Gasteiger charge is 2.17. The first-order valence-corrected chi connectivity index (χ1v) is 11.0. The molecule has 1 atom stereocenters. The molecular weight excluding hydrogens is 350 g/mol. The largest absolute Gasteiger partial charge is 0.494 e. The van der Waals surface area contributed by atoms with Crippen molar-refractivity contribution < 1.29 is 14.3 Å². The van der Waals surface area contributed by atoms with E-state index in [1.54, 1.807) is 0 Å². The van der Waals surface area contributed by atoms with Crippen LogP contribution in [0, 0.1) is 5.41 Å². The van der Waals surface area contributed by atoms with Crippen molar-refractivity contribution >= 4 is 5.97 Å². The number of unbranched alkanes of at least 4 members (excludes halogenated alkanes) is 6. The second-order valence-electron chi connectivity index (χ2n) is 8.85. The van der Waals surface area contributed by atoms with Gasteiger partial charge in [-0.25, -0.2) is 4.79 Å². The molecule has 0 aromatic heterocycles. The first kappa shape index (κ1) is 24.5. The molecule has 28 heavy (non-hydrogen) atoms. The molecule has 1 unspecified atom stereocenters. The van der Waals surface area contributed by atoms with Crippen LogP contribution in [-0.2, 0) is 9.53 Å². The molecule has 0 radical (unpaired) electrons. The van der Waals surface area contributed by atoms with Gasteiger partial charge in [0.05, 0.1) is 13.2 Å². The lowest BCUT2D eigenvalue weighted by Gasteiger charge is -2.17. The minimum Gasteiger partial charge on any atom is -0.494 e. The number of carbonyl (C=O) groups excluding carboxylic acids is 1. The predicted octanol–water partition coefficient (Wildman–Crippen LogP) is 6.19. The third-order valence-corrected chi connectivity index (χ3v) is 4.83. The topological polar surface area (TPSA) is 61.5 Å². The van der Waals surface area contributed by atoms with Crippen molar-refractivity contribution in [3.63, 3.8) is 0 Å². The molecule has 0 saturated carbocycles. The van der Waals surface area contributed by atoms with Crippen LogP contribution in [0.2, 0.25) is 0 Å². The Balaban J connectivity index is 2.24. The fourth-order valence-corrected chi connectivity index (χ4v) is 3.00. The predicted molar refractivity (Wildman–Crippen MR) is 117 cm³/mol. The zero-order valence-electron chi connectivity index (χ0n) is 18.5. The van der Waals surface area contributed by atoms with Crippen LogP contribution in [0.4, 0.5) is 0 Å². The van der Waals surface area contributed by atoms with E-state index in [9.17, 15) is 4.79 Å². The van der Waals surface area contributed by atoms with E-state index >= 15 is 0 Å². The van der Waals surface area contributed by atoms with E-state index in [0.29, 0.717) is 18.6 Å². The molecule has 2 N–H and O–H groups in total. The van der Waals surface area contributed by atoms with Gasteiger partial charge in [-0.3, -0.25) is 0 Å². The molecule has 4 heteroatoms. The van der Waals surface area contributed by atoms with E-state index in [-0.39, 0.29) is 5.97 Å². The average Bonchev–Trinajstić information content (AvgIpc) is 2.66. The Morgan fingerprint density at radius 3 is 2.18 bits per heavy atom. The summed E-state index contributed by atoms with van der Waals surface area (Å²) in [5, 5.41) is 0. The van der Waals surface area contributed by atoms with Crippen molar-refractivity contribution in [1.82, 2.24) is 0 Å². The fourth-order valence-electron chi connectivity index (χ4n) is 3.00. The van der Waals surface area contributed by atoms with Crippen molar-refractivity contribution in [2.45, 2.75) is 91.5 Å². The summed E-state index contributed by atoms with van der Waals surface area (Å²) in [5.74, 6) is 0.455. The van der Waals surface area contributed by atoms with Crippen molar-refractivity contribution in [2.75, 3.05) is 13.2 Å². The second-order valence-corrected chi connectivity index (χ2v) is 8.85. The summed E-state index contributed by atoms with van der Waals surface area (Å²) in [6.07, 6.45) is 10.4. The first-order chi connectivity index (χ1) is 13.3. The van der Waals surface area contributed by atoms with Crippen molar-refractivity contribution in [3.8, 4) is 5.75 Å². The van der Waals surface area contributed by atoms with Gasteiger partial charge < -0.3 is 15.2 Å².